The van der Waals surface area contributed by atoms with Crippen molar-refractivity contribution in [3.63, 3.8) is 0 Å². The van der Waals surface area contributed by atoms with Crippen molar-refractivity contribution in [2.45, 2.75) is 59.8 Å². The van der Waals surface area contributed by atoms with E-state index in [2.05, 4.69) is 107 Å². The zero-order valence-corrected chi connectivity index (χ0v) is 20.3. The average Bonchev–Trinajstić information content (AvgIpc) is 2.78. The molecule has 1 aromatic heterocycles. The van der Waals surface area contributed by atoms with Crippen LogP contribution in [0.4, 0.5) is 0 Å². The fourth-order valence-corrected chi connectivity index (χ4v) is 4.84. The van der Waals surface area contributed by atoms with E-state index in [-0.39, 0.29) is 0 Å². The second kappa shape index (κ2) is 9.28. The number of hydrogen-bond acceptors (Lipinski definition) is 1. The molecule has 0 aliphatic rings. The third-order valence-electron chi connectivity index (χ3n) is 6.68. The predicted molar refractivity (Wildman–Crippen MR) is 139 cm³/mol. The van der Waals surface area contributed by atoms with Crippen LogP contribution in [-0.4, -0.2) is 4.98 Å². The Balaban J connectivity index is 1.78. The van der Waals surface area contributed by atoms with Gasteiger partial charge in [0, 0.05) is 23.4 Å². The van der Waals surface area contributed by atoms with E-state index < -0.39 is 0 Å². The Labute approximate surface area is 193 Å². The third kappa shape index (κ3) is 4.48. The van der Waals surface area contributed by atoms with Crippen molar-refractivity contribution in [3.8, 4) is 11.1 Å². The molecule has 164 valence electrons. The van der Waals surface area contributed by atoms with E-state index in [0.717, 1.165) is 12.1 Å². The van der Waals surface area contributed by atoms with Gasteiger partial charge in [-0.25, -0.2) is 0 Å². The zero-order valence-electron chi connectivity index (χ0n) is 20.3. The SMILES string of the molecule is CCc1cc(C(C)C)cc(C(c2ccc3cc(-c4cccnc4C)ccc3c2)C(C)C)c1. The highest BCUT2D eigenvalue weighted by atomic mass is 14.7. The molecule has 0 bridgehead atoms. The van der Waals surface area contributed by atoms with E-state index in [1.807, 2.05) is 12.3 Å². The van der Waals surface area contributed by atoms with Gasteiger partial charge in [0.05, 0.1) is 0 Å². The van der Waals surface area contributed by atoms with Crippen molar-refractivity contribution >= 4 is 10.8 Å². The summed E-state index contributed by atoms with van der Waals surface area (Å²) >= 11 is 0. The summed E-state index contributed by atoms with van der Waals surface area (Å²) < 4.78 is 0. The first kappa shape index (κ1) is 22.3. The Bertz CT molecular complexity index is 1230. The maximum absolute atomic E-state index is 4.46. The van der Waals surface area contributed by atoms with Crippen molar-refractivity contribution in [3.05, 3.63) is 101 Å². The summed E-state index contributed by atoms with van der Waals surface area (Å²) in [4.78, 5) is 4.46. The first-order chi connectivity index (χ1) is 15.4. The highest BCUT2D eigenvalue weighted by molar-refractivity contribution is 5.88. The maximum atomic E-state index is 4.46. The molecule has 4 aromatic rings. The van der Waals surface area contributed by atoms with Gasteiger partial charge in [-0.1, -0.05) is 89.2 Å². The molecular formula is C31H35N. The van der Waals surface area contributed by atoms with Gasteiger partial charge in [-0.05, 0) is 75.9 Å². The number of fused-ring (bicyclic) bond motifs is 1. The lowest BCUT2D eigenvalue weighted by atomic mass is 9.80. The topological polar surface area (TPSA) is 12.9 Å². The number of rotatable bonds is 6. The summed E-state index contributed by atoms with van der Waals surface area (Å²) in [6.45, 7) is 13.6. The van der Waals surface area contributed by atoms with Crippen LogP contribution in [0.1, 0.15) is 74.4 Å². The molecule has 0 aliphatic carbocycles. The van der Waals surface area contributed by atoms with Crippen LogP contribution in [0.15, 0.2) is 72.9 Å². The summed E-state index contributed by atoms with van der Waals surface area (Å²) in [5.41, 5.74) is 9.24. The lowest BCUT2D eigenvalue weighted by Gasteiger charge is -2.25. The Hall–Kier alpha value is -2.93. The van der Waals surface area contributed by atoms with Crippen molar-refractivity contribution in [2.75, 3.05) is 0 Å². The molecular weight excluding hydrogens is 386 g/mol. The summed E-state index contributed by atoms with van der Waals surface area (Å²) in [5, 5.41) is 2.58. The minimum Gasteiger partial charge on any atom is -0.261 e. The molecule has 4 rings (SSSR count). The molecule has 3 aromatic carbocycles. The van der Waals surface area contributed by atoms with Crippen molar-refractivity contribution < 1.29 is 0 Å². The van der Waals surface area contributed by atoms with Crippen molar-refractivity contribution in [1.82, 2.24) is 4.98 Å². The molecule has 0 fully saturated rings. The summed E-state index contributed by atoms with van der Waals surface area (Å²) in [6.07, 6.45) is 2.93. The number of nitrogens with zero attached hydrogens (tertiary/aromatic N) is 1. The Kier molecular flexibility index (Phi) is 6.46. The van der Waals surface area contributed by atoms with Gasteiger partial charge in [-0.15, -0.1) is 0 Å². The molecule has 1 heteroatoms. The van der Waals surface area contributed by atoms with Gasteiger partial charge in [0.25, 0.3) is 0 Å². The molecule has 0 amide bonds. The number of hydrogen-bond donors (Lipinski definition) is 0. The lowest BCUT2D eigenvalue weighted by Crippen LogP contribution is -2.10. The number of aromatic nitrogens is 1. The molecule has 0 spiro atoms. The van der Waals surface area contributed by atoms with Gasteiger partial charge in [0.2, 0.25) is 0 Å². The maximum Gasteiger partial charge on any atom is 0.0450 e. The third-order valence-corrected chi connectivity index (χ3v) is 6.68. The van der Waals surface area contributed by atoms with Crippen LogP contribution in [0, 0.1) is 12.8 Å². The van der Waals surface area contributed by atoms with E-state index in [4.69, 9.17) is 0 Å². The molecule has 0 radical (unpaired) electrons. The van der Waals surface area contributed by atoms with Gasteiger partial charge in [-0.3, -0.25) is 4.98 Å². The molecule has 32 heavy (non-hydrogen) atoms. The summed E-state index contributed by atoms with van der Waals surface area (Å²) in [7, 11) is 0. The van der Waals surface area contributed by atoms with Gasteiger partial charge >= 0.3 is 0 Å². The first-order valence-corrected chi connectivity index (χ1v) is 12.0. The van der Waals surface area contributed by atoms with E-state index in [0.29, 0.717) is 17.8 Å². The molecule has 1 nitrogen and oxygen atoms in total. The molecule has 0 saturated heterocycles. The molecule has 1 unspecified atom stereocenters. The van der Waals surface area contributed by atoms with Crippen LogP contribution in [0.2, 0.25) is 0 Å². The first-order valence-electron chi connectivity index (χ1n) is 12.0. The number of aryl methyl sites for hydroxylation is 2. The quantitative estimate of drug-likeness (QED) is 0.303. The second-order valence-electron chi connectivity index (χ2n) is 9.70. The van der Waals surface area contributed by atoms with Gasteiger partial charge < -0.3 is 0 Å². The van der Waals surface area contributed by atoms with Crippen LogP contribution in [0.5, 0.6) is 0 Å². The van der Waals surface area contributed by atoms with Crippen molar-refractivity contribution in [1.29, 1.82) is 0 Å². The van der Waals surface area contributed by atoms with Crippen LogP contribution < -0.4 is 0 Å². The van der Waals surface area contributed by atoms with Gasteiger partial charge in [-0.2, -0.15) is 0 Å². The molecule has 0 N–H and O–H groups in total. The van der Waals surface area contributed by atoms with E-state index in [1.165, 1.54) is 44.2 Å². The minimum absolute atomic E-state index is 0.392. The average molecular weight is 422 g/mol. The molecule has 1 heterocycles. The summed E-state index contributed by atoms with van der Waals surface area (Å²) in [6, 6.07) is 25.2. The minimum atomic E-state index is 0.392. The molecule has 1 atom stereocenters. The van der Waals surface area contributed by atoms with E-state index >= 15 is 0 Å². The van der Waals surface area contributed by atoms with E-state index in [1.54, 1.807) is 0 Å². The number of benzene rings is 3. The van der Waals surface area contributed by atoms with Crippen molar-refractivity contribution in [2.24, 2.45) is 5.92 Å². The largest absolute Gasteiger partial charge is 0.261 e. The highest BCUT2D eigenvalue weighted by Crippen LogP contribution is 2.36. The second-order valence-corrected chi connectivity index (χ2v) is 9.70. The molecule has 0 saturated carbocycles. The smallest absolute Gasteiger partial charge is 0.0450 e. The standard InChI is InChI=1S/C31H35N/c1-7-23-15-28(20(2)3)19-29(16-23)31(21(4)5)27-13-11-24-17-26(12-10-25(24)18-27)30-9-8-14-32-22(30)6/h8-21,31H,7H2,1-6H3. The van der Waals surface area contributed by atoms with E-state index in [9.17, 15) is 0 Å². The fourth-order valence-electron chi connectivity index (χ4n) is 4.84. The number of pyridine rings is 1. The Morgan fingerprint density at radius 3 is 2.16 bits per heavy atom. The predicted octanol–water partition coefficient (Wildman–Crippen LogP) is 8.68. The van der Waals surface area contributed by atoms with Crippen LogP contribution in [-0.2, 0) is 6.42 Å². The molecule has 0 aliphatic heterocycles. The summed E-state index contributed by atoms with van der Waals surface area (Å²) in [5.74, 6) is 1.46. The zero-order chi connectivity index (χ0) is 22.8. The Morgan fingerprint density at radius 1 is 0.750 bits per heavy atom. The van der Waals surface area contributed by atoms with Crippen LogP contribution in [0.3, 0.4) is 0 Å². The van der Waals surface area contributed by atoms with Crippen LogP contribution >= 0.6 is 0 Å². The normalized spacial score (nSPS) is 12.6. The van der Waals surface area contributed by atoms with Crippen LogP contribution in [0.25, 0.3) is 21.9 Å². The van der Waals surface area contributed by atoms with Gasteiger partial charge in [0.15, 0.2) is 0 Å². The Morgan fingerprint density at radius 2 is 1.47 bits per heavy atom. The highest BCUT2D eigenvalue weighted by Gasteiger charge is 2.20. The fraction of sp³-hybridized carbons (Fsp3) is 0.323. The monoisotopic (exact) mass is 421 g/mol. The van der Waals surface area contributed by atoms with Gasteiger partial charge in [0.1, 0.15) is 0 Å². The lowest BCUT2D eigenvalue weighted by molar-refractivity contribution is 0.563.